The number of carbonyl (C=O) groups is 2. The van der Waals surface area contributed by atoms with Gasteiger partial charge in [-0.2, -0.15) is 0 Å². The third-order valence-corrected chi connectivity index (χ3v) is 6.17. The fraction of sp³-hybridized carbons (Fsp3) is 0.619. The largest absolute Gasteiger partial charge is 0.352 e. The molecule has 4 nitrogen and oxygen atoms in total. The lowest BCUT2D eigenvalue weighted by Gasteiger charge is -2.35. The predicted molar refractivity (Wildman–Crippen MR) is 104 cm³/mol. The van der Waals surface area contributed by atoms with Crippen LogP contribution in [0.25, 0.3) is 0 Å². The van der Waals surface area contributed by atoms with Crippen LogP contribution < -0.4 is 5.32 Å². The fourth-order valence-corrected chi connectivity index (χ4v) is 4.15. The zero-order chi connectivity index (χ0) is 18.5. The van der Waals surface area contributed by atoms with Gasteiger partial charge in [-0.3, -0.25) is 9.59 Å². The third-order valence-electron chi connectivity index (χ3n) is 5.92. The van der Waals surface area contributed by atoms with Crippen molar-refractivity contribution in [1.82, 2.24) is 10.2 Å². The van der Waals surface area contributed by atoms with E-state index >= 15 is 0 Å². The van der Waals surface area contributed by atoms with E-state index in [9.17, 15) is 9.59 Å². The van der Waals surface area contributed by atoms with Crippen molar-refractivity contribution in [2.75, 3.05) is 13.1 Å². The molecular weight excluding hydrogens is 348 g/mol. The second-order valence-corrected chi connectivity index (χ2v) is 8.34. The number of hydrogen-bond donors (Lipinski definition) is 1. The van der Waals surface area contributed by atoms with Crippen LogP contribution in [0.15, 0.2) is 24.3 Å². The van der Waals surface area contributed by atoms with E-state index < -0.39 is 0 Å². The highest BCUT2D eigenvalue weighted by atomic mass is 35.5. The van der Waals surface area contributed by atoms with E-state index in [-0.39, 0.29) is 17.7 Å². The number of piperidine rings is 1. The Morgan fingerprint density at radius 2 is 1.58 bits per heavy atom. The Bertz CT molecular complexity index is 615. The Labute approximate surface area is 161 Å². The average Bonchev–Trinajstić information content (AvgIpc) is 2.67. The molecule has 5 heteroatoms. The highest BCUT2D eigenvalue weighted by molar-refractivity contribution is 6.30. The Kier molecular flexibility index (Phi) is 6.58. The summed E-state index contributed by atoms with van der Waals surface area (Å²) in [4.78, 5) is 27.2. The van der Waals surface area contributed by atoms with Crippen molar-refractivity contribution in [2.45, 2.75) is 52.0 Å². The summed E-state index contributed by atoms with van der Waals surface area (Å²) in [5.41, 5.74) is 1.05. The number of rotatable bonds is 4. The van der Waals surface area contributed by atoms with Crippen molar-refractivity contribution >= 4 is 23.4 Å². The van der Waals surface area contributed by atoms with Gasteiger partial charge < -0.3 is 10.2 Å². The van der Waals surface area contributed by atoms with Crippen molar-refractivity contribution < 1.29 is 9.59 Å². The third kappa shape index (κ3) is 5.00. The minimum absolute atomic E-state index is 0.0349. The predicted octanol–water partition coefficient (Wildman–Crippen LogP) is 4.02. The second kappa shape index (κ2) is 8.90. The van der Waals surface area contributed by atoms with Gasteiger partial charge >= 0.3 is 0 Å². The molecule has 3 rings (SSSR count). The molecule has 2 amide bonds. The highest BCUT2D eigenvalue weighted by Gasteiger charge is 2.33. The van der Waals surface area contributed by atoms with Crippen LogP contribution in [0.4, 0.5) is 0 Å². The van der Waals surface area contributed by atoms with E-state index in [1.54, 1.807) is 0 Å². The van der Waals surface area contributed by atoms with Gasteiger partial charge in [0.25, 0.3) is 0 Å². The Morgan fingerprint density at radius 3 is 2.19 bits per heavy atom. The zero-order valence-corrected chi connectivity index (χ0v) is 16.3. The Morgan fingerprint density at radius 1 is 1.00 bits per heavy atom. The standard InChI is InChI=1S/C21H29ClN2O2/c1-15-10-12-24(13-11-15)21(26)18-6-4-17(5-7-18)20(25)23-14-16-2-8-19(22)9-3-16/h2-3,8-9,15,17-18H,4-7,10-14H2,1H3,(H,23,25). The molecule has 1 aromatic carbocycles. The van der Waals surface area contributed by atoms with Crippen LogP contribution in [-0.2, 0) is 16.1 Å². The summed E-state index contributed by atoms with van der Waals surface area (Å²) in [6, 6.07) is 7.53. The van der Waals surface area contributed by atoms with Gasteiger partial charge in [-0.05, 0) is 62.1 Å². The number of carbonyl (C=O) groups excluding carboxylic acids is 2. The number of nitrogens with one attached hydrogen (secondary N) is 1. The van der Waals surface area contributed by atoms with Gasteiger partial charge in [-0.25, -0.2) is 0 Å². The number of likely N-dealkylation sites (tertiary alicyclic amines) is 1. The lowest BCUT2D eigenvalue weighted by molar-refractivity contribution is -0.139. The van der Waals surface area contributed by atoms with E-state index in [0.717, 1.165) is 63.1 Å². The summed E-state index contributed by atoms with van der Waals surface area (Å²) < 4.78 is 0. The number of hydrogen-bond acceptors (Lipinski definition) is 2. The molecule has 0 atom stereocenters. The number of nitrogens with zero attached hydrogens (tertiary/aromatic N) is 1. The molecule has 1 aromatic rings. The second-order valence-electron chi connectivity index (χ2n) is 7.90. The smallest absolute Gasteiger partial charge is 0.225 e. The maximum absolute atomic E-state index is 12.7. The molecule has 1 N–H and O–H groups in total. The molecule has 2 fully saturated rings. The van der Waals surface area contributed by atoms with Gasteiger partial charge in [-0.15, -0.1) is 0 Å². The monoisotopic (exact) mass is 376 g/mol. The van der Waals surface area contributed by atoms with Crippen LogP contribution in [0.1, 0.15) is 51.0 Å². The van der Waals surface area contributed by atoms with Crippen LogP contribution in [0.5, 0.6) is 0 Å². The molecule has 142 valence electrons. The summed E-state index contributed by atoms with van der Waals surface area (Å²) in [6.07, 6.45) is 5.54. The highest BCUT2D eigenvalue weighted by Crippen LogP contribution is 2.31. The van der Waals surface area contributed by atoms with Gasteiger partial charge in [0.1, 0.15) is 0 Å². The topological polar surface area (TPSA) is 49.4 Å². The van der Waals surface area contributed by atoms with E-state index in [1.807, 2.05) is 29.2 Å². The van der Waals surface area contributed by atoms with Gasteiger partial charge in [-0.1, -0.05) is 30.7 Å². The van der Waals surface area contributed by atoms with E-state index in [2.05, 4.69) is 12.2 Å². The molecule has 1 heterocycles. The first-order chi connectivity index (χ1) is 12.5. The van der Waals surface area contributed by atoms with Crippen molar-refractivity contribution in [1.29, 1.82) is 0 Å². The SMILES string of the molecule is CC1CCN(C(=O)C2CCC(C(=O)NCc3ccc(Cl)cc3)CC2)CC1. The van der Waals surface area contributed by atoms with Crippen molar-refractivity contribution in [3.8, 4) is 0 Å². The van der Waals surface area contributed by atoms with Crippen molar-refractivity contribution in [3.63, 3.8) is 0 Å². The van der Waals surface area contributed by atoms with Crippen LogP contribution in [0, 0.1) is 17.8 Å². The van der Waals surface area contributed by atoms with E-state index in [0.29, 0.717) is 17.5 Å². The molecular formula is C21H29ClN2O2. The van der Waals surface area contributed by atoms with Crippen LogP contribution >= 0.6 is 11.6 Å². The lowest BCUT2D eigenvalue weighted by atomic mass is 9.80. The fourth-order valence-electron chi connectivity index (χ4n) is 4.03. The molecule has 0 bridgehead atoms. The number of benzene rings is 1. The molecule has 0 aromatic heterocycles. The molecule has 1 aliphatic heterocycles. The first kappa shape index (κ1) is 19.2. The van der Waals surface area contributed by atoms with E-state index in [4.69, 9.17) is 11.6 Å². The summed E-state index contributed by atoms with van der Waals surface area (Å²) in [6.45, 7) is 4.60. The lowest BCUT2D eigenvalue weighted by Crippen LogP contribution is -2.43. The molecule has 1 aliphatic carbocycles. The summed E-state index contributed by atoms with van der Waals surface area (Å²) in [5.74, 6) is 1.31. The maximum atomic E-state index is 12.7. The minimum atomic E-state index is 0.0349. The number of halogens is 1. The Balaban J connectivity index is 1.42. The first-order valence-corrected chi connectivity index (χ1v) is 10.2. The first-order valence-electron chi connectivity index (χ1n) is 9.84. The summed E-state index contributed by atoms with van der Waals surface area (Å²) in [7, 11) is 0. The van der Waals surface area contributed by atoms with Crippen LogP contribution in [-0.4, -0.2) is 29.8 Å². The summed E-state index contributed by atoms with van der Waals surface area (Å²) in [5, 5.41) is 3.72. The van der Waals surface area contributed by atoms with Gasteiger partial charge in [0.15, 0.2) is 0 Å². The van der Waals surface area contributed by atoms with Crippen molar-refractivity contribution in [3.05, 3.63) is 34.9 Å². The molecule has 2 aliphatic rings. The van der Waals surface area contributed by atoms with E-state index in [1.165, 1.54) is 0 Å². The normalized spacial score (nSPS) is 24.3. The van der Waals surface area contributed by atoms with Crippen LogP contribution in [0.3, 0.4) is 0 Å². The average molecular weight is 377 g/mol. The molecule has 1 saturated carbocycles. The van der Waals surface area contributed by atoms with Crippen LogP contribution in [0.2, 0.25) is 5.02 Å². The Hall–Kier alpha value is -1.55. The summed E-state index contributed by atoms with van der Waals surface area (Å²) >= 11 is 5.88. The number of amides is 2. The molecule has 0 radical (unpaired) electrons. The molecule has 0 spiro atoms. The van der Waals surface area contributed by atoms with Gasteiger partial charge in [0.05, 0.1) is 0 Å². The quantitative estimate of drug-likeness (QED) is 0.862. The molecule has 1 saturated heterocycles. The molecule has 0 unspecified atom stereocenters. The zero-order valence-electron chi connectivity index (χ0n) is 15.5. The van der Waals surface area contributed by atoms with Gasteiger partial charge in [0, 0.05) is 36.5 Å². The molecule has 26 heavy (non-hydrogen) atoms. The maximum Gasteiger partial charge on any atom is 0.225 e. The van der Waals surface area contributed by atoms with Gasteiger partial charge in [0.2, 0.25) is 11.8 Å². The van der Waals surface area contributed by atoms with Crippen molar-refractivity contribution in [2.24, 2.45) is 17.8 Å². The minimum Gasteiger partial charge on any atom is -0.352 e.